The van der Waals surface area contributed by atoms with Gasteiger partial charge in [0.15, 0.2) is 5.66 Å². The molecule has 11 heteroatoms. The third-order valence-electron chi connectivity index (χ3n) is 5.60. The summed E-state index contributed by atoms with van der Waals surface area (Å²) in [5, 5.41) is 12.8. The highest BCUT2D eigenvalue weighted by molar-refractivity contribution is 8.16. The van der Waals surface area contributed by atoms with Crippen LogP contribution in [-0.2, 0) is 4.79 Å². The van der Waals surface area contributed by atoms with Crippen molar-refractivity contribution in [2.45, 2.75) is 18.5 Å². The lowest BCUT2D eigenvalue weighted by atomic mass is 9.99. The van der Waals surface area contributed by atoms with Crippen molar-refractivity contribution >= 4 is 40.2 Å². The Morgan fingerprint density at radius 2 is 1.82 bits per heavy atom. The molecule has 10 nitrogen and oxygen atoms in total. The fraction of sp³-hybridized carbons (Fsp3) is 0.348. The van der Waals surface area contributed by atoms with Crippen molar-refractivity contribution in [1.29, 1.82) is 0 Å². The number of hydrogen-bond donors (Lipinski definition) is 2. The number of thioether (sulfide) groups is 1. The third-order valence-corrected chi connectivity index (χ3v) is 6.56. The van der Waals surface area contributed by atoms with Gasteiger partial charge in [0.25, 0.3) is 0 Å². The van der Waals surface area contributed by atoms with Gasteiger partial charge in [-0.2, -0.15) is 0 Å². The highest BCUT2D eigenvalue weighted by atomic mass is 32.2. The maximum Gasteiger partial charge on any atom is 0.407 e. The lowest BCUT2D eigenvalue weighted by molar-refractivity contribution is -0.113. The lowest BCUT2D eigenvalue weighted by Crippen LogP contribution is -2.43. The highest BCUT2D eigenvalue weighted by Crippen LogP contribution is 2.36. The van der Waals surface area contributed by atoms with E-state index >= 15 is 0 Å². The van der Waals surface area contributed by atoms with Crippen LogP contribution in [0.4, 0.5) is 10.5 Å². The topological polar surface area (TPSA) is 126 Å². The van der Waals surface area contributed by atoms with E-state index in [0.717, 1.165) is 11.3 Å². The Kier molecular flexibility index (Phi) is 7.01. The normalized spacial score (nSPS) is 16.6. The van der Waals surface area contributed by atoms with Gasteiger partial charge in [-0.25, -0.2) is 14.8 Å². The van der Waals surface area contributed by atoms with Crippen LogP contribution in [0.15, 0.2) is 52.6 Å². The molecule has 2 amide bonds. The zero-order valence-electron chi connectivity index (χ0n) is 18.9. The summed E-state index contributed by atoms with van der Waals surface area (Å²) >= 11 is 1.31. The van der Waals surface area contributed by atoms with E-state index in [1.165, 1.54) is 30.0 Å². The number of methoxy groups -OCH3 is 2. The van der Waals surface area contributed by atoms with Crippen LogP contribution in [-0.4, -0.2) is 76.5 Å². The predicted octanol–water partition coefficient (Wildman–Crippen LogP) is 3.14. The van der Waals surface area contributed by atoms with E-state index in [0.29, 0.717) is 48.3 Å². The maximum atomic E-state index is 12.6. The molecule has 1 spiro atoms. The molecule has 2 aliphatic rings. The number of benzene rings is 1. The van der Waals surface area contributed by atoms with Gasteiger partial charge in [-0.1, -0.05) is 11.8 Å². The largest absolute Gasteiger partial charge is 0.497 e. The van der Waals surface area contributed by atoms with Gasteiger partial charge in [0.05, 0.1) is 37.6 Å². The molecule has 2 aliphatic heterocycles. The lowest BCUT2D eigenvalue weighted by Gasteiger charge is -2.33. The second-order valence-corrected chi connectivity index (χ2v) is 8.75. The quantitative estimate of drug-likeness (QED) is 0.646. The van der Waals surface area contributed by atoms with Crippen LogP contribution < -0.4 is 14.8 Å². The van der Waals surface area contributed by atoms with E-state index in [1.807, 2.05) is 24.3 Å². The van der Waals surface area contributed by atoms with Gasteiger partial charge in [-0.15, -0.1) is 0 Å². The first-order valence-electron chi connectivity index (χ1n) is 10.7. The first-order valence-corrected chi connectivity index (χ1v) is 11.6. The van der Waals surface area contributed by atoms with E-state index in [1.54, 1.807) is 19.2 Å². The van der Waals surface area contributed by atoms with Crippen molar-refractivity contribution in [2.75, 3.05) is 38.4 Å². The second kappa shape index (κ2) is 10.1. The molecule has 0 unspecified atom stereocenters. The van der Waals surface area contributed by atoms with Gasteiger partial charge in [-0.3, -0.25) is 9.79 Å². The summed E-state index contributed by atoms with van der Waals surface area (Å²) in [7, 11) is 3.13. The Morgan fingerprint density at radius 1 is 1.09 bits per heavy atom. The number of nitrogens with one attached hydrogen (secondary N) is 1. The van der Waals surface area contributed by atoms with Crippen LogP contribution in [0.25, 0.3) is 0 Å². The third kappa shape index (κ3) is 5.30. The summed E-state index contributed by atoms with van der Waals surface area (Å²) in [6, 6.07) is 10.9. The zero-order valence-corrected chi connectivity index (χ0v) is 19.7. The van der Waals surface area contributed by atoms with E-state index in [4.69, 9.17) is 19.5 Å². The maximum absolute atomic E-state index is 12.6. The molecular formula is C23H25N5O5S. The van der Waals surface area contributed by atoms with Gasteiger partial charge in [0, 0.05) is 37.6 Å². The van der Waals surface area contributed by atoms with Crippen LogP contribution in [0.1, 0.15) is 18.4 Å². The van der Waals surface area contributed by atoms with Crippen LogP contribution in [0.5, 0.6) is 11.6 Å². The van der Waals surface area contributed by atoms with E-state index < -0.39 is 11.8 Å². The molecule has 1 aromatic heterocycles. The molecule has 0 atom stereocenters. The van der Waals surface area contributed by atoms with Crippen LogP contribution >= 0.6 is 11.8 Å². The first kappa shape index (κ1) is 23.6. The molecule has 2 aromatic rings. The van der Waals surface area contributed by atoms with Crippen LogP contribution in [0, 0.1) is 0 Å². The van der Waals surface area contributed by atoms with Gasteiger partial charge < -0.3 is 24.8 Å². The number of piperidine rings is 1. The standard InChI is InChI=1S/C23H25N5O5S/c1-32-17-6-3-15(4-7-17)20-21(27-23(26-20)9-11-28(12-10-23)22(30)31)34-14-18(29)25-16-5-8-19(33-2)24-13-16/h3-8,13H,9-12,14H2,1-2H3,(H,25,29)(H,30,31). The number of likely N-dealkylation sites (tertiary alicyclic amines) is 1. The molecule has 4 rings (SSSR count). The van der Waals surface area contributed by atoms with Crippen molar-refractivity contribution in [1.82, 2.24) is 9.88 Å². The fourth-order valence-corrected chi connectivity index (χ4v) is 4.62. The summed E-state index contributed by atoms with van der Waals surface area (Å²) in [6.07, 6.45) is 1.58. The van der Waals surface area contributed by atoms with Gasteiger partial charge in [0.1, 0.15) is 10.8 Å². The number of ether oxygens (including phenoxy) is 2. The van der Waals surface area contributed by atoms with Gasteiger partial charge >= 0.3 is 6.09 Å². The zero-order chi connectivity index (χ0) is 24.1. The van der Waals surface area contributed by atoms with E-state index in [2.05, 4.69) is 10.3 Å². The number of nitrogens with zero attached hydrogens (tertiary/aromatic N) is 4. The van der Waals surface area contributed by atoms with Gasteiger partial charge in [0.2, 0.25) is 11.8 Å². The SMILES string of the molecule is COc1ccc(C2=NC3(CCN(C(=O)O)CC3)N=C2SCC(=O)Nc2ccc(OC)nc2)cc1. The molecule has 0 saturated carbocycles. The number of anilines is 1. The van der Waals surface area contributed by atoms with Crippen molar-refractivity contribution in [3.05, 3.63) is 48.2 Å². The molecule has 3 heterocycles. The molecule has 1 aromatic carbocycles. The Hall–Kier alpha value is -3.60. The van der Waals surface area contributed by atoms with Gasteiger partial charge in [-0.05, 0) is 30.3 Å². The molecule has 1 saturated heterocycles. The van der Waals surface area contributed by atoms with Crippen LogP contribution in [0.2, 0.25) is 0 Å². The van der Waals surface area contributed by atoms with Crippen molar-refractivity contribution in [2.24, 2.45) is 9.98 Å². The molecule has 0 aliphatic carbocycles. The van der Waals surface area contributed by atoms with Crippen molar-refractivity contribution in [3.8, 4) is 11.6 Å². The number of aliphatic imine (C=N–C) groups is 2. The smallest absolute Gasteiger partial charge is 0.407 e. The molecule has 178 valence electrons. The summed E-state index contributed by atoms with van der Waals surface area (Å²) in [5.74, 6) is 1.13. The van der Waals surface area contributed by atoms with E-state index in [9.17, 15) is 14.7 Å². The Bertz CT molecular complexity index is 1110. The summed E-state index contributed by atoms with van der Waals surface area (Å²) in [5.41, 5.74) is 1.43. The Labute approximate surface area is 201 Å². The van der Waals surface area contributed by atoms with Crippen LogP contribution in [0.3, 0.4) is 0 Å². The molecule has 2 N–H and O–H groups in total. The number of hydrogen-bond acceptors (Lipinski definition) is 8. The number of carbonyl (C=O) groups excluding carboxylic acids is 1. The van der Waals surface area contributed by atoms with Crippen molar-refractivity contribution in [3.63, 3.8) is 0 Å². The summed E-state index contributed by atoms with van der Waals surface area (Å²) < 4.78 is 10.3. The minimum atomic E-state index is -0.935. The number of pyridine rings is 1. The Balaban J connectivity index is 1.49. The number of aromatic nitrogens is 1. The summed E-state index contributed by atoms with van der Waals surface area (Å²) in [4.78, 5) is 39.2. The molecule has 34 heavy (non-hydrogen) atoms. The number of carbonyl (C=O) groups is 2. The Morgan fingerprint density at radius 3 is 2.41 bits per heavy atom. The molecule has 1 fully saturated rings. The molecular weight excluding hydrogens is 458 g/mol. The molecule has 0 radical (unpaired) electrons. The average Bonchev–Trinajstić information content (AvgIpc) is 3.21. The number of carboxylic acid groups (broad SMARTS) is 1. The minimum Gasteiger partial charge on any atom is -0.497 e. The fourth-order valence-electron chi connectivity index (χ4n) is 3.75. The highest BCUT2D eigenvalue weighted by Gasteiger charge is 2.40. The van der Waals surface area contributed by atoms with Crippen molar-refractivity contribution < 1.29 is 24.2 Å². The second-order valence-electron chi connectivity index (χ2n) is 7.78. The average molecular weight is 484 g/mol. The minimum absolute atomic E-state index is 0.136. The molecule has 0 bridgehead atoms. The summed E-state index contributed by atoms with van der Waals surface area (Å²) in [6.45, 7) is 0.724. The monoisotopic (exact) mass is 483 g/mol. The number of rotatable bonds is 6. The number of amides is 2. The van der Waals surface area contributed by atoms with E-state index in [-0.39, 0.29) is 11.7 Å². The first-order chi connectivity index (χ1) is 16.4. The predicted molar refractivity (Wildman–Crippen MR) is 130 cm³/mol.